The second-order valence-electron chi connectivity index (χ2n) is 4.68. The average molecular weight is 289 g/mol. The van der Waals surface area contributed by atoms with Crippen LogP contribution in [0.25, 0.3) is 0 Å². The molecule has 0 aliphatic heterocycles. The average Bonchev–Trinajstić information content (AvgIpc) is 2.85. The minimum Gasteiger partial charge on any atom is -0.301 e. The van der Waals surface area contributed by atoms with Crippen LogP contribution in [0.1, 0.15) is 31.2 Å². The Morgan fingerprint density at radius 2 is 1.84 bits per heavy atom. The molecular weight excluding hydrogens is 275 g/mol. The molecule has 0 saturated heterocycles. The van der Waals surface area contributed by atoms with E-state index in [0.29, 0.717) is 12.8 Å². The van der Waals surface area contributed by atoms with Crippen LogP contribution in [0.2, 0.25) is 0 Å². The van der Waals surface area contributed by atoms with E-state index < -0.39 is 17.3 Å². The summed E-state index contributed by atoms with van der Waals surface area (Å²) in [5.41, 5.74) is -1.35. The lowest BCUT2D eigenvalue weighted by molar-refractivity contribution is -0.139. The number of nitrogens with one attached hydrogen (secondary N) is 1. The van der Waals surface area contributed by atoms with Crippen molar-refractivity contribution in [2.24, 2.45) is 0 Å². The molecular formula is C13H14F3NOS. The summed E-state index contributed by atoms with van der Waals surface area (Å²) in [7, 11) is 0. The third kappa shape index (κ3) is 3.30. The number of hydrogen-bond acceptors (Lipinski definition) is 3. The molecule has 0 atom stereocenters. The van der Waals surface area contributed by atoms with Crippen molar-refractivity contribution in [2.75, 3.05) is 0 Å². The van der Waals surface area contributed by atoms with Crippen molar-refractivity contribution in [3.8, 4) is 0 Å². The molecule has 1 aromatic carbocycles. The number of alkyl halides is 3. The Morgan fingerprint density at radius 1 is 1.21 bits per heavy atom. The first kappa shape index (κ1) is 14.4. The van der Waals surface area contributed by atoms with Crippen molar-refractivity contribution in [3.63, 3.8) is 0 Å². The summed E-state index contributed by atoms with van der Waals surface area (Å²) < 4.78 is 41.4. The summed E-state index contributed by atoms with van der Waals surface area (Å²) in [4.78, 5) is 11.2. The summed E-state index contributed by atoms with van der Waals surface area (Å²) in [6.45, 7) is 0. The van der Waals surface area contributed by atoms with Gasteiger partial charge in [-0.15, -0.1) is 0 Å². The predicted octanol–water partition coefficient (Wildman–Crippen LogP) is 3.81. The molecule has 1 aliphatic rings. The number of carbonyl (C=O) groups excluding carboxylic acids is 1. The van der Waals surface area contributed by atoms with E-state index in [1.165, 1.54) is 12.1 Å². The van der Waals surface area contributed by atoms with Gasteiger partial charge in [-0.2, -0.15) is 13.2 Å². The SMILES string of the molecule is O=CC1(NSc2ccccc2C(F)(F)F)CCCC1. The van der Waals surface area contributed by atoms with Gasteiger partial charge in [0.2, 0.25) is 0 Å². The van der Waals surface area contributed by atoms with Gasteiger partial charge in [0.05, 0.1) is 11.1 Å². The molecule has 104 valence electrons. The number of rotatable bonds is 4. The highest BCUT2D eigenvalue weighted by Crippen LogP contribution is 2.37. The molecule has 0 aromatic heterocycles. The number of carbonyl (C=O) groups is 1. The molecule has 1 saturated carbocycles. The van der Waals surface area contributed by atoms with Crippen LogP contribution in [0.4, 0.5) is 13.2 Å². The fraction of sp³-hybridized carbons (Fsp3) is 0.462. The zero-order chi connectivity index (χ0) is 13.9. The van der Waals surface area contributed by atoms with Crippen molar-refractivity contribution in [2.45, 2.75) is 42.3 Å². The number of hydrogen-bond donors (Lipinski definition) is 1. The van der Waals surface area contributed by atoms with Crippen LogP contribution in [0, 0.1) is 0 Å². The second-order valence-corrected chi connectivity index (χ2v) is 5.53. The van der Waals surface area contributed by atoms with Crippen molar-refractivity contribution in [1.82, 2.24) is 4.72 Å². The van der Waals surface area contributed by atoms with Gasteiger partial charge in [0.25, 0.3) is 0 Å². The van der Waals surface area contributed by atoms with Crippen LogP contribution in [0.3, 0.4) is 0 Å². The first-order chi connectivity index (χ1) is 8.97. The Labute approximate surface area is 113 Å². The molecule has 0 heterocycles. The molecule has 1 aromatic rings. The molecule has 6 heteroatoms. The van der Waals surface area contributed by atoms with E-state index in [-0.39, 0.29) is 4.90 Å². The number of halogens is 3. The third-order valence-electron chi connectivity index (χ3n) is 3.28. The predicted molar refractivity (Wildman–Crippen MR) is 67.7 cm³/mol. The molecule has 0 bridgehead atoms. The van der Waals surface area contributed by atoms with E-state index in [1.54, 1.807) is 6.07 Å². The smallest absolute Gasteiger partial charge is 0.301 e. The quantitative estimate of drug-likeness (QED) is 0.675. The standard InChI is InChI=1S/C13H14F3NOS/c14-13(15,16)10-5-1-2-6-11(10)19-17-12(9-18)7-3-4-8-12/h1-2,5-6,9,17H,3-4,7-8H2. The van der Waals surface area contributed by atoms with Gasteiger partial charge in [0.15, 0.2) is 0 Å². The van der Waals surface area contributed by atoms with Crippen LogP contribution in [-0.2, 0) is 11.0 Å². The van der Waals surface area contributed by atoms with Gasteiger partial charge in [0.1, 0.15) is 6.29 Å². The zero-order valence-electron chi connectivity index (χ0n) is 10.2. The molecule has 0 radical (unpaired) electrons. The minimum atomic E-state index is -4.38. The lowest BCUT2D eigenvalue weighted by Crippen LogP contribution is -2.40. The summed E-state index contributed by atoms with van der Waals surface area (Å²) >= 11 is 0.893. The van der Waals surface area contributed by atoms with Gasteiger partial charge in [-0.25, -0.2) is 4.72 Å². The van der Waals surface area contributed by atoms with Gasteiger partial charge in [0, 0.05) is 4.90 Å². The fourth-order valence-electron chi connectivity index (χ4n) is 2.20. The molecule has 1 N–H and O–H groups in total. The van der Waals surface area contributed by atoms with E-state index in [4.69, 9.17) is 0 Å². The molecule has 0 spiro atoms. The zero-order valence-corrected chi connectivity index (χ0v) is 11.0. The van der Waals surface area contributed by atoms with Crippen molar-refractivity contribution in [3.05, 3.63) is 29.8 Å². The highest BCUT2D eigenvalue weighted by atomic mass is 32.2. The lowest BCUT2D eigenvalue weighted by Gasteiger charge is -2.23. The maximum absolute atomic E-state index is 12.8. The van der Waals surface area contributed by atoms with E-state index in [0.717, 1.165) is 37.1 Å². The monoisotopic (exact) mass is 289 g/mol. The molecule has 0 amide bonds. The minimum absolute atomic E-state index is 0.100. The largest absolute Gasteiger partial charge is 0.417 e. The van der Waals surface area contributed by atoms with Crippen LogP contribution in [-0.4, -0.2) is 11.8 Å². The van der Waals surface area contributed by atoms with E-state index in [1.807, 2.05) is 0 Å². The van der Waals surface area contributed by atoms with Gasteiger partial charge >= 0.3 is 6.18 Å². The van der Waals surface area contributed by atoms with Crippen molar-refractivity contribution in [1.29, 1.82) is 0 Å². The Hall–Kier alpha value is -1.01. The first-order valence-corrected chi connectivity index (χ1v) is 6.85. The maximum atomic E-state index is 12.8. The van der Waals surface area contributed by atoms with Crippen LogP contribution < -0.4 is 4.72 Å². The lowest BCUT2D eigenvalue weighted by atomic mass is 10.0. The molecule has 2 nitrogen and oxygen atoms in total. The number of benzene rings is 1. The highest BCUT2D eigenvalue weighted by Gasteiger charge is 2.36. The van der Waals surface area contributed by atoms with Gasteiger partial charge in [-0.1, -0.05) is 25.0 Å². The Morgan fingerprint density at radius 3 is 2.42 bits per heavy atom. The first-order valence-electron chi connectivity index (χ1n) is 6.03. The Balaban J connectivity index is 2.13. The van der Waals surface area contributed by atoms with Crippen molar-refractivity contribution >= 4 is 18.2 Å². The maximum Gasteiger partial charge on any atom is 0.417 e. The fourth-order valence-corrected chi connectivity index (χ4v) is 3.20. The van der Waals surface area contributed by atoms with Crippen LogP contribution >= 0.6 is 11.9 Å². The molecule has 1 aliphatic carbocycles. The second kappa shape index (κ2) is 5.54. The Kier molecular flexibility index (Phi) is 4.20. The van der Waals surface area contributed by atoms with Gasteiger partial charge in [-0.3, -0.25) is 0 Å². The summed E-state index contributed by atoms with van der Waals surface area (Å²) in [6.07, 6.45) is -0.353. The molecule has 0 unspecified atom stereocenters. The summed E-state index contributed by atoms with van der Waals surface area (Å²) in [5, 5.41) is 0. The molecule has 1 fully saturated rings. The molecule has 2 rings (SSSR count). The highest BCUT2D eigenvalue weighted by molar-refractivity contribution is 7.97. The summed E-state index contributed by atoms with van der Waals surface area (Å²) in [6, 6.07) is 5.37. The third-order valence-corrected chi connectivity index (χ3v) is 4.36. The Bertz CT molecular complexity index is 455. The van der Waals surface area contributed by atoms with E-state index in [2.05, 4.69) is 4.72 Å². The van der Waals surface area contributed by atoms with Crippen LogP contribution in [0.15, 0.2) is 29.2 Å². The van der Waals surface area contributed by atoms with Crippen molar-refractivity contribution < 1.29 is 18.0 Å². The summed E-state index contributed by atoms with van der Waals surface area (Å²) in [5.74, 6) is 0. The number of aldehydes is 1. The van der Waals surface area contributed by atoms with E-state index in [9.17, 15) is 18.0 Å². The normalized spacial score (nSPS) is 18.5. The van der Waals surface area contributed by atoms with Gasteiger partial charge in [-0.05, 0) is 36.9 Å². The van der Waals surface area contributed by atoms with Crippen LogP contribution in [0.5, 0.6) is 0 Å². The van der Waals surface area contributed by atoms with E-state index >= 15 is 0 Å². The molecule has 19 heavy (non-hydrogen) atoms. The topological polar surface area (TPSA) is 29.1 Å². The van der Waals surface area contributed by atoms with Gasteiger partial charge < -0.3 is 4.79 Å².